The summed E-state index contributed by atoms with van der Waals surface area (Å²) in [5.74, 6) is -1.17. The van der Waals surface area contributed by atoms with Crippen molar-refractivity contribution in [3.63, 3.8) is 0 Å². The molecular formula is C14H22N2O4S. The van der Waals surface area contributed by atoms with E-state index in [-0.39, 0.29) is 11.4 Å². The lowest BCUT2D eigenvalue weighted by molar-refractivity contribution is -0.137. The Morgan fingerprint density at radius 3 is 2.24 bits per heavy atom. The zero-order chi connectivity index (χ0) is 16.2. The lowest BCUT2D eigenvalue weighted by Gasteiger charge is -2.22. The van der Waals surface area contributed by atoms with Crippen molar-refractivity contribution < 1.29 is 18.3 Å². The average molecular weight is 314 g/mol. The topological polar surface area (TPSA) is 77.9 Å². The first-order valence-corrected chi connectivity index (χ1v) is 8.02. The number of rotatable bonds is 7. The molecule has 7 heteroatoms. The highest BCUT2D eigenvalue weighted by molar-refractivity contribution is 7.89. The molecule has 0 fully saturated rings. The van der Waals surface area contributed by atoms with Crippen LogP contribution in [0.2, 0.25) is 0 Å². The molecule has 0 unspecified atom stereocenters. The van der Waals surface area contributed by atoms with Gasteiger partial charge in [-0.3, -0.25) is 4.79 Å². The number of carboxylic acid groups (broad SMARTS) is 1. The van der Waals surface area contributed by atoms with Gasteiger partial charge in [0, 0.05) is 13.1 Å². The van der Waals surface area contributed by atoms with Crippen LogP contribution in [0.25, 0.3) is 0 Å². The van der Waals surface area contributed by atoms with Gasteiger partial charge in [-0.05, 0) is 51.2 Å². The van der Waals surface area contributed by atoms with Crippen LogP contribution in [0.5, 0.6) is 0 Å². The number of aliphatic carboxylic acids is 1. The van der Waals surface area contributed by atoms with Crippen LogP contribution in [0.4, 0.5) is 0 Å². The average Bonchev–Trinajstić information content (AvgIpc) is 2.36. The molecule has 1 aromatic rings. The van der Waals surface area contributed by atoms with E-state index >= 15 is 0 Å². The van der Waals surface area contributed by atoms with Gasteiger partial charge >= 0.3 is 5.97 Å². The van der Waals surface area contributed by atoms with Crippen LogP contribution in [0.3, 0.4) is 0 Å². The lowest BCUT2D eigenvalue weighted by atomic mass is 10.1. The third-order valence-corrected chi connectivity index (χ3v) is 5.07. The summed E-state index contributed by atoms with van der Waals surface area (Å²) < 4.78 is 26.2. The lowest BCUT2D eigenvalue weighted by Crippen LogP contribution is -2.40. The van der Waals surface area contributed by atoms with Gasteiger partial charge in [-0.1, -0.05) is 6.07 Å². The molecular weight excluding hydrogens is 292 g/mol. The van der Waals surface area contributed by atoms with E-state index in [9.17, 15) is 13.2 Å². The Kier molecular flexibility index (Phi) is 5.88. The number of hydrogen-bond acceptors (Lipinski definition) is 4. The van der Waals surface area contributed by atoms with E-state index in [1.165, 1.54) is 6.07 Å². The number of carbonyl (C=O) groups is 1. The fourth-order valence-corrected chi connectivity index (χ4v) is 3.24. The normalized spacial score (nSPS) is 12.1. The van der Waals surface area contributed by atoms with Crippen LogP contribution >= 0.6 is 0 Å². The summed E-state index contributed by atoms with van der Waals surface area (Å²) in [6.45, 7) is 3.78. The summed E-state index contributed by atoms with van der Waals surface area (Å²) in [6.07, 6.45) is 0. The Morgan fingerprint density at radius 1 is 1.14 bits per heavy atom. The molecule has 0 aliphatic rings. The van der Waals surface area contributed by atoms with E-state index in [0.717, 1.165) is 15.4 Å². The van der Waals surface area contributed by atoms with E-state index in [4.69, 9.17) is 5.11 Å². The van der Waals surface area contributed by atoms with Gasteiger partial charge in [0.2, 0.25) is 10.0 Å². The molecule has 0 bridgehead atoms. The predicted molar refractivity (Wildman–Crippen MR) is 80.9 cm³/mol. The van der Waals surface area contributed by atoms with Gasteiger partial charge in [-0.25, -0.2) is 8.42 Å². The molecule has 0 aliphatic carbocycles. The molecule has 21 heavy (non-hydrogen) atoms. The molecule has 1 aromatic carbocycles. The smallest absolute Gasteiger partial charge is 0.318 e. The van der Waals surface area contributed by atoms with Crippen molar-refractivity contribution in [1.82, 2.24) is 9.21 Å². The molecule has 0 radical (unpaired) electrons. The highest BCUT2D eigenvalue weighted by atomic mass is 32.2. The number of sulfonamides is 1. The maximum Gasteiger partial charge on any atom is 0.318 e. The number of aryl methyl sites for hydroxylation is 2. The van der Waals surface area contributed by atoms with Crippen LogP contribution in [-0.4, -0.2) is 62.4 Å². The predicted octanol–water partition coefficient (Wildman–Crippen LogP) is 0.940. The van der Waals surface area contributed by atoms with Crippen LogP contribution in [-0.2, 0) is 14.8 Å². The van der Waals surface area contributed by atoms with Crippen molar-refractivity contribution in [2.75, 3.05) is 33.7 Å². The van der Waals surface area contributed by atoms with Crippen molar-refractivity contribution in [3.05, 3.63) is 29.3 Å². The summed E-state index contributed by atoms with van der Waals surface area (Å²) in [5.41, 5.74) is 1.85. The first-order chi connectivity index (χ1) is 9.64. The van der Waals surface area contributed by atoms with Crippen LogP contribution in [0.1, 0.15) is 11.1 Å². The molecule has 0 spiro atoms. The quantitative estimate of drug-likeness (QED) is 0.810. The standard InChI is InChI=1S/C14H22N2O4S/c1-11-5-6-13(9-12(11)2)21(19,20)16(10-14(17)18)8-7-15(3)4/h5-6,9H,7-8,10H2,1-4H3,(H,17,18). The Hall–Kier alpha value is -1.44. The summed E-state index contributed by atoms with van der Waals surface area (Å²) >= 11 is 0. The highest BCUT2D eigenvalue weighted by Crippen LogP contribution is 2.19. The molecule has 0 atom stereocenters. The first kappa shape index (κ1) is 17.6. The number of benzene rings is 1. The first-order valence-electron chi connectivity index (χ1n) is 6.58. The third kappa shape index (κ3) is 4.80. The van der Waals surface area contributed by atoms with Crippen molar-refractivity contribution in [2.45, 2.75) is 18.7 Å². The van der Waals surface area contributed by atoms with E-state index < -0.39 is 22.5 Å². The number of nitrogens with zero attached hydrogens (tertiary/aromatic N) is 2. The largest absolute Gasteiger partial charge is 0.480 e. The minimum absolute atomic E-state index is 0.130. The molecule has 1 N–H and O–H groups in total. The minimum atomic E-state index is -3.81. The highest BCUT2D eigenvalue weighted by Gasteiger charge is 2.26. The molecule has 6 nitrogen and oxygen atoms in total. The van der Waals surface area contributed by atoms with Crippen molar-refractivity contribution >= 4 is 16.0 Å². The van der Waals surface area contributed by atoms with Crippen LogP contribution in [0.15, 0.2) is 23.1 Å². The van der Waals surface area contributed by atoms with Gasteiger partial charge in [0.1, 0.15) is 6.54 Å². The molecule has 0 heterocycles. The number of likely N-dealkylation sites (N-methyl/N-ethyl adjacent to an activating group) is 1. The second-order valence-corrected chi connectivity index (χ2v) is 7.22. The van der Waals surface area contributed by atoms with Gasteiger partial charge in [0.25, 0.3) is 0 Å². The van der Waals surface area contributed by atoms with Gasteiger partial charge in [-0.2, -0.15) is 4.31 Å². The molecule has 0 aliphatic heterocycles. The summed E-state index contributed by atoms with van der Waals surface area (Å²) in [4.78, 5) is 12.9. The van der Waals surface area contributed by atoms with Gasteiger partial charge in [0.15, 0.2) is 0 Å². The van der Waals surface area contributed by atoms with Gasteiger partial charge in [0.05, 0.1) is 4.90 Å². The second-order valence-electron chi connectivity index (χ2n) is 5.28. The Morgan fingerprint density at radius 2 is 1.76 bits per heavy atom. The molecule has 0 saturated carbocycles. The van der Waals surface area contributed by atoms with E-state index in [2.05, 4.69) is 0 Å². The van der Waals surface area contributed by atoms with E-state index in [0.29, 0.717) is 6.54 Å². The maximum absolute atomic E-state index is 12.6. The van der Waals surface area contributed by atoms with E-state index in [1.54, 1.807) is 12.1 Å². The zero-order valence-corrected chi connectivity index (χ0v) is 13.6. The Bertz CT molecular complexity index is 611. The Labute approximate surface area is 126 Å². The Balaban J connectivity index is 3.12. The maximum atomic E-state index is 12.6. The molecule has 0 aromatic heterocycles. The summed E-state index contributed by atoms with van der Waals surface area (Å²) in [6, 6.07) is 4.82. The molecule has 0 saturated heterocycles. The molecule has 1 rings (SSSR count). The van der Waals surface area contributed by atoms with Crippen molar-refractivity contribution in [2.24, 2.45) is 0 Å². The molecule has 118 valence electrons. The van der Waals surface area contributed by atoms with Crippen molar-refractivity contribution in [3.8, 4) is 0 Å². The zero-order valence-electron chi connectivity index (χ0n) is 12.8. The second kappa shape index (κ2) is 7.02. The number of carboxylic acids is 1. The fourth-order valence-electron chi connectivity index (χ4n) is 1.77. The summed E-state index contributed by atoms with van der Waals surface area (Å²) in [7, 11) is -0.191. The SMILES string of the molecule is Cc1ccc(S(=O)(=O)N(CCN(C)C)CC(=O)O)cc1C. The summed E-state index contributed by atoms with van der Waals surface area (Å²) in [5, 5.41) is 8.94. The van der Waals surface area contributed by atoms with Gasteiger partial charge < -0.3 is 10.0 Å². The molecule has 0 amide bonds. The van der Waals surface area contributed by atoms with Gasteiger partial charge in [-0.15, -0.1) is 0 Å². The fraction of sp³-hybridized carbons (Fsp3) is 0.500. The van der Waals surface area contributed by atoms with Crippen LogP contribution in [0, 0.1) is 13.8 Å². The van der Waals surface area contributed by atoms with Crippen molar-refractivity contribution in [1.29, 1.82) is 0 Å². The monoisotopic (exact) mass is 314 g/mol. The third-order valence-electron chi connectivity index (χ3n) is 3.22. The minimum Gasteiger partial charge on any atom is -0.480 e. The van der Waals surface area contributed by atoms with Crippen LogP contribution < -0.4 is 0 Å². The van der Waals surface area contributed by atoms with E-state index in [1.807, 2.05) is 32.8 Å². The number of hydrogen-bond donors (Lipinski definition) is 1.